The number of ether oxygens (including phenoxy) is 1. The van der Waals surface area contributed by atoms with Crippen LogP contribution in [-0.2, 0) is 5.75 Å². The number of rotatable bonds is 5. The fourth-order valence-corrected chi connectivity index (χ4v) is 3.55. The van der Waals surface area contributed by atoms with E-state index in [4.69, 9.17) is 4.74 Å². The van der Waals surface area contributed by atoms with Gasteiger partial charge in [0.1, 0.15) is 17.4 Å². The van der Waals surface area contributed by atoms with Crippen LogP contribution in [0.5, 0.6) is 5.75 Å². The van der Waals surface area contributed by atoms with Gasteiger partial charge in [-0.25, -0.2) is 4.39 Å². The van der Waals surface area contributed by atoms with Crippen molar-refractivity contribution in [3.63, 3.8) is 0 Å². The first kappa shape index (κ1) is 15.9. The molecule has 0 aromatic heterocycles. The lowest BCUT2D eigenvalue weighted by Crippen LogP contribution is -2.30. The highest BCUT2D eigenvalue weighted by atomic mass is 32.2. The molecular formula is C18H19FN2OS. The molecule has 120 valence electrons. The third kappa shape index (κ3) is 3.85. The van der Waals surface area contributed by atoms with Crippen LogP contribution in [0.3, 0.4) is 0 Å². The molecule has 0 spiro atoms. The molecule has 3 nitrogen and oxygen atoms in total. The Morgan fingerprint density at radius 3 is 2.91 bits per heavy atom. The Hall–Kier alpha value is -2.01. The summed E-state index contributed by atoms with van der Waals surface area (Å²) in [6, 6.07) is 12.8. The molecule has 0 saturated heterocycles. The van der Waals surface area contributed by atoms with Crippen LogP contribution in [-0.4, -0.2) is 26.0 Å². The molecule has 1 heterocycles. The molecule has 1 N–H and O–H groups in total. The number of hydrogen-bond donors (Lipinski definition) is 1. The Morgan fingerprint density at radius 2 is 2.13 bits per heavy atom. The van der Waals surface area contributed by atoms with E-state index in [1.54, 1.807) is 24.9 Å². The van der Waals surface area contributed by atoms with E-state index in [9.17, 15) is 4.39 Å². The summed E-state index contributed by atoms with van der Waals surface area (Å²) in [6.45, 7) is 1.81. The van der Waals surface area contributed by atoms with Crippen LogP contribution >= 0.6 is 11.8 Å². The Labute approximate surface area is 140 Å². The predicted octanol–water partition coefficient (Wildman–Crippen LogP) is 3.87. The maximum absolute atomic E-state index is 13.5. The van der Waals surface area contributed by atoms with Gasteiger partial charge in [-0.2, -0.15) is 0 Å². The third-order valence-corrected chi connectivity index (χ3v) is 4.79. The molecule has 1 aliphatic rings. The molecule has 0 fully saturated rings. The van der Waals surface area contributed by atoms with Crippen molar-refractivity contribution in [3.05, 3.63) is 59.4 Å². The second kappa shape index (κ2) is 7.51. The third-order valence-electron chi connectivity index (χ3n) is 3.67. The van der Waals surface area contributed by atoms with Gasteiger partial charge in [-0.1, -0.05) is 18.2 Å². The highest BCUT2D eigenvalue weighted by Gasteiger charge is 2.13. The van der Waals surface area contributed by atoms with Gasteiger partial charge in [0.05, 0.1) is 7.11 Å². The van der Waals surface area contributed by atoms with E-state index in [0.29, 0.717) is 11.5 Å². The van der Waals surface area contributed by atoms with Gasteiger partial charge < -0.3 is 10.1 Å². The summed E-state index contributed by atoms with van der Waals surface area (Å²) in [4.78, 5) is 5.70. The highest BCUT2D eigenvalue weighted by Crippen LogP contribution is 2.30. The quantitative estimate of drug-likeness (QED) is 0.845. The summed E-state index contributed by atoms with van der Waals surface area (Å²) in [5.74, 6) is 2.06. The van der Waals surface area contributed by atoms with Gasteiger partial charge in [-0.05, 0) is 30.7 Å². The fourth-order valence-electron chi connectivity index (χ4n) is 2.52. The average molecular weight is 330 g/mol. The molecule has 2 aromatic rings. The summed E-state index contributed by atoms with van der Waals surface area (Å²) >= 11 is 1.66. The van der Waals surface area contributed by atoms with Gasteiger partial charge in [-0.15, -0.1) is 11.8 Å². The topological polar surface area (TPSA) is 33.6 Å². The number of methoxy groups -OCH3 is 1. The van der Waals surface area contributed by atoms with Crippen molar-refractivity contribution in [1.29, 1.82) is 0 Å². The smallest absolute Gasteiger partial charge is 0.129 e. The minimum atomic E-state index is -0.243. The SMILES string of the molecule is COc1ccc(F)cc1CSc1ccccc1C1=NCCCN1. The predicted molar refractivity (Wildman–Crippen MR) is 93.0 cm³/mol. The van der Waals surface area contributed by atoms with Gasteiger partial charge in [0.15, 0.2) is 0 Å². The summed E-state index contributed by atoms with van der Waals surface area (Å²) < 4.78 is 18.8. The maximum atomic E-state index is 13.5. The molecule has 0 unspecified atom stereocenters. The van der Waals surface area contributed by atoms with Crippen LogP contribution in [0.1, 0.15) is 17.5 Å². The standard InChI is InChI=1S/C18H19FN2OS/c1-22-16-8-7-14(19)11-13(16)12-23-17-6-3-2-5-15(17)18-20-9-4-10-21-18/h2-3,5-8,11H,4,9-10,12H2,1H3,(H,20,21). The Morgan fingerprint density at radius 1 is 1.26 bits per heavy atom. The second-order valence-corrected chi connectivity index (χ2v) is 6.27. The number of benzene rings is 2. The van der Waals surface area contributed by atoms with Gasteiger partial charge >= 0.3 is 0 Å². The van der Waals surface area contributed by atoms with E-state index in [1.807, 2.05) is 12.1 Å². The summed E-state index contributed by atoms with van der Waals surface area (Å²) in [5.41, 5.74) is 1.96. The van der Waals surface area contributed by atoms with Crippen molar-refractivity contribution >= 4 is 17.6 Å². The fraction of sp³-hybridized carbons (Fsp3) is 0.278. The van der Waals surface area contributed by atoms with Crippen LogP contribution < -0.4 is 10.1 Å². The minimum Gasteiger partial charge on any atom is -0.496 e. The Balaban J connectivity index is 1.81. The number of aliphatic imine (C=N–C) groups is 1. The zero-order valence-electron chi connectivity index (χ0n) is 13.0. The molecule has 0 aliphatic carbocycles. The lowest BCUT2D eigenvalue weighted by atomic mass is 10.2. The molecule has 1 aliphatic heterocycles. The number of hydrogen-bond acceptors (Lipinski definition) is 4. The van der Waals surface area contributed by atoms with Crippen LogP contribution in [0.2, 0.25) is 0 Å². The van der Waals surface area contributed by atoms with Crippen molar-refractivity contribution < 1.29 is 9.13 Å². The first-order valence-electron chi connectivity index (χ1n) is 7.61. The van der Waals surface area contributed by atoms with Gasteiger partial charge in [0, 0.05) is 34.9 Å². The first-order valence-corrected chi connectivity index (χ1v) is 8.59. The number of halogens is 1. The van der Waals surface area contributed by atoms with Gasteiger partial charge in [-0.3, -0.25) is 4.99 Å². The van der Waals surface area contributed by atoms with Crippen molar-refractivity contribution in [2.45, 2.75) is 17.1 Å². The van der Waals surface area contributed by atoms with E-state index in [2.05, 4.69) is 22.4 Å². The molecule has 0 saturated carbocycles. The van der Waals surface area contributed by atoms with Crippen LogP contribution in [0.25, 0.3) is 0 Å². The van der Waals surface area contributed by atoms with Crippen molar-refractivity contribution in [2.24, 2.45) is 4.99 Å². The summed E-state index contributed by atoms with van der Waals surface area (Å²) in [5, 5.41) is 3.36. The highest BCUT2D eigenvalue weighted by molar-refractivity contribution is 7.98. The molecule has 2 aromatic carbocycles. The number of nitrogens with zero attached hydrogens (tertiary/aromatic N) is 1. The van der Waals surface area contributed by atoms with E-state index in [-0.39, 0.29) is 5.82 Å². The Bertz CT molecular complexity index is 718. The average Bonchev–Trinajstić information content (AvgIpc) is 2.61. The minimum absolute atomic E-state index is 0.243. The zero-order chi connectivity index (χ0) is 16.1. The second-order valence-electron chi connectivity index (χ2n) is 5.25. The lowest BCUT2D eigenvalue weighted by Gasteiger charge is -2.17. The van der Waals surface area contributed by atoms with Crippen molar-refractivity contribution in [3.8, 4) is 5.75 Å². The van der Waals surface area contributed by atoms with Gasteiger partial charge in [0.2, 0.25) is 0 Å². The van der Waals surface area contributed by atoms with Gasteiger partial charge in [0.25, 0.3) is 0 Å². The van der Waals surface area contributed by atoms with Crippen molar-refractivity contribution in [2.75, 3.05) is 20.2 Å². The van der Waals surface area contributed by atoms with Crippen molar-refractivity contribution in [1.82, 2.24) is 5.32 Å². The number of thioether (sulfide) groups is 1. The molecule has 0 radical (unpaired) electrons. The largest absolute Gasteiger partial charge is 0.496 e. The molecule has 5 heteroatoms. The van der Waals surface area contributed by atoms with Crippen LogP contribution in [0.15, 0.2) is 52.4 Å². The molecule has 3 rings (SSSR count). The van der Waals surface area contributed by atoms with E-state index in [0.717, 1.165) is 41.4 Å². The monoisotopic (exact) mass is 330 g/mol. The number of nitrogens with one attached hydrogen (secondary N) is 1. The molecular weight excluding hydrogens is 311 g/mol. The molecule has 23 heavy (non-hydrogen) atoms. The molecule has 0 atom stereocenters. The molecule has 0 amide bonds. The van der Waals surface area contributed by atoms with E-state index < -0.39 is 0 Å². The Kier molecular flexibility index (Phi) is 5.18. The zero-order valence-corrected chi connectivity index (χ0v) is 13.8. The normalized spacial score (nSPS) is 14.1. The maximum Gasteiger partial charge on any atom is 0.129 e. The lowest BCUT2D eigenvalue weighted by molar-refractivity contribution is 0.410. The number of amidine groups is 1. The van der Waals surface area contributed by atoms with Crippen LogP contribution in [0.4, 0.5) is 4.39 Å². The van der Waals surface area contributed by atoms with E-state index in [1.165, 1.54) is 12.1 Å². The van der Waals surface area contributed by atoms with Crippen LogP contribution in [0, 0.1) is 5.82 Å². The summed E-state index contributed by atoms with van der Waals surface area (Å²) in [7, 11) is 1.61. The summed E-state index contributed by atoms with van der Waals surface area (Å²) in [6.07, 6.45) is 1.07. The van der Waals surface area contributed by atoms with E-state index >= 15 is 0 Å². The first-order chi connectivity index (χ1) is 11.3. The molecule has 0 bridgehead atoms.